The molecule has 704 valence electrons. The number of rotatable bonds is 38. The fourth-order valence-corrected chi connectivity index (χ4v) is 8.99. The summed E-state index contributed by atoms with van der Waals surface area (Å²) >= 11 is 0. The number of carboxylic acids is 10. The molecule has 8 aromatic rings. The second kappa shape index (κ2) is 78.8. The van der Waals surface area contributed by atoms with Crippen LogP contribution in [0, 0.1) is 0 Å². The van der Waals surface area contributed by atoms with Crippen LogP contribution >= 0.6 is 0 Å². The van der Waals surface area contributed by atoms with E-state index in [1.165, 1.54) is 22.3 Å². The summed E-state index contributed by atoms with van der Waals surface area (Å²) in [5.74, 6) is -8.77. The third kappa shape index (κ3) is 81.5. The maximum Gasteiger partial charge on any atom is 0.320 e. The first-order chi connectivity index (χ1) is 60.6. The minimum Gasteiger partial charge on any atom is -0.508 e. The van der Waals surface area contributed by atoms with Crippen molar-refractivity contribution < 1.29 is 119 Å². The number of aromatic hydroxyl groups is 4. The van der Waals surface area contributed by atoms with Gasteiger partial charge in [0.2, 0.25) is 0 Å². The molecule has 0 unspecified atom stereocenters. The molecule has 0 aliphatic heterocycles. The Hall–Kier alpha value is -14.1. The van der Waals surface area contributed by atoms with Crippen LogP contribution in [-0.2, 0) is 99.3 Å². The number of hydrogen-bond donors (Lipinski definition) is 26. The van der Waals surface area contributed by atoms with Gasteiger partial charge in [-0.15, -0.1) is 0 Å². The van der Waals surface area contributed by atoms with Crippen molar-refractivity contribution in [2.75, 3.05) is 39.3 Å². The number of aliphatic imine (C=N–C) groups is 2. The van der Waals surface area contributed by atoms with Gasteiger partial charge in [-0.1, -0.05) is 170 Å². The first kappa shape index (κ1) is 120. The fourth-order valence-electron chi connectivity index (χ4n) is 8.99. The molecule has 0 aliphatic rings. The highest BCUT2D eigenvalue weighted by molar-refractivity contribution is 5.77. The van der Waals surface area contributed by atoms with E-state index in [0.29, 0.717) is 64.5 Å². The second-order valence-electron chi connectivity index (χ2n) is 26.9. The number of phenolic OH excluding ortho intramolecular Hbond substituents is 4. The molecule has 0 radical (unpaired) electrons. The summed E-state index contributed by atoms with van der Waals surface area (Å²) in [7, 11) is 0. The predicted octanol–water partition coefficient (Wildman–Crippen LogP) is 5.82. The Morgan fingerprint density at radius 1 is 0.234 bits per heavy atom. The Bertz CT molecular complexity index is 3840. The number of nitrogens with two attached hydrogens (primary N) is 12. The molecule has 38 nitrogen and oxygen atoms in total. The molecular formula is C90H130N14O24. The summed E-state index contributed by atoms with van der Waals surface area (Å²) in [6.07, 6.45) is 7.97. The number of benzene rings is 8. The van der Waals surface area contributed by atoms with Crippen LogP contribution in [0.25, 0.3) is 0 Å². The number of hydrogen-bond acceptors (Lipinski definition) is 24. The zero-order valence-corrected chi connectivity index (χ0v) is 71.6. The molecule has 0 spiro atoms. The van der Waals surface area contributed by atoms with Gasteiger partial charge in [0.15, 0.2) is 11.9 Å². The van der Waals surface area contributed by atoms with E-state index in [1.807, 2.05) is 72.8 Å². The lowest BCUT2D eigenvalue weighted by Gasteiger charge is -2.03. The van der Waals surface area contributed by atoms with Gasteiger partial charge in [0.1, 0.15) is 47.2 Å². The highest BCUT2D eigenvalue weighted by atomic mass is 16.4. The van der Waals surface area contributed by atoms with Crippen molar-refractivity contribution in [3.63, 3.8) is 0 Å². The van der Waals surface area contributed by atoms with Crippen LogP contribution in [0.3, 0.4) is 0 Å². The number of carbonyl (C=O) groups is 10. The lowest BCUT2D eigenvalue weighted by Crippen LogP contribution is -2.30. The molecule has 4 atom stereocenters. The Labute approximate surface area is 744 Å². The summed E-state index contributed by atoms with van der Waals surface area (Å²) in [5.41, 5.74) is 71.1. The van der Waals surface area contributed by atoms with Gasteiger partial charge in [-0.05, 0) is 209 Å². The van der Waals surface area contributed by atoms with Crippen molar-refractivity contribution in [2.45, 2.75) is 153 Å². The van der Waals surface area contributed by atoms with Gasteiger partial charge in [-0.25, -0.2) is 0 Å². The maximum atomic E-state index is 10.2. The van der Waals surface area contributed by atoms with E-state index in [0.717, 1.165) is 74.1 Å². The molecule has 0 aliphatic carbocycles. The monoisotopic (exact) mass is 1790 g/mol. The normalized spacial score (nSPS) is 10.5. The number of phenols is 4. The minimum absolute atomic E-state index is 0.0129. The van der Waals surface area contributed by atoms with Crippen molar-refractivity contribution in [1.29, 1.82) is 0 Å². The Kier molecular flexibility index (Phi) is 74.0. The van der Waals surface area contributed by atoms with E-state index in [1.54, 1.807) is 97.1 Å². The smallest absolute Gasteiger partial charge is 0.320 e. The third-order valence-corrected chi connectivity index (χ3v) is 15.9. The molecule has 0 fully saturated rings. The van der Waals surface area contributed by atoms with Crippen molar-refractivity contribution in [1.82, 2.24) is 0 Å². The molecule has 0 amide bonds. The van der Waals surface area contributed by atoms with Gasteiger partial charge in [0.05, 0.1) is 0 Å². The molecule has 38 N–H and O–H groups in total. The van der Waals surface area contributed by atoms with Crippen LogP contribution in [0.1, 0.15) is 122 Å². The standard InChI is InChI=1S/4C9H10O3.4C8H11N.2C6H14N4O2.2C5H9NO4/c4*10-8-4-1-7(2-5-8)3-6-9(11)12;4*9-7-6-8-4-2-1-3-5-8;2*7-4(5(11)12)2-1-3-10-6(8)9;2*6-3(5(9)10)1-2-4(7)8/h4*1-2,4-5,10H,3,6H2,(H,11,12);4*1-5H,6-7,9H2;2*4H,1-3,7H2,(H,11,12)(H4,8,9,10);2*3H,1-2,6H2,(H,7,8)(H,9,10)/t;;;;;;;;2*4-;2*3-/m........1010/s1. The molecule has 0 bridgehead atoms. The van der Waals surface area contributed by atoms with Crippen molar-refractivity contribution in [3.05, 3.63) is 263 Å². The first-order valence-electron chi connectivity index (χ1n) is 40.0. The van der Waals surface area contributed by atoms with E-state index >= 15 is 0 Å². The average molecular weight is 1790 g/mol. The van der Waals surface area contributed by atoms with Crippen molar-refractivity contribution in [2.24, 2.45) is 78.8 Å². The Morgan fingerprint density at radius 3 is 0.547 bits per heavy atom. The molecule has 0 saturated heterocycles. The van der Waals surface area contributed by atoms with Crippen LogP contribution in [0.5, 0.6) is 23.0 Å². The molecule has 8 aromatic carbocycles. The second-order valence-corrected chi connectivity index (χ2v) is 26.9. The van der Waals surface area contributed by atoms with Gasteiger partial charge in [-0.3, -0.25) is 57.9 Å². The molecule has 8 rings (SSSR count). The quantitative estimate of drug-likeness (QED) is 0.0123. The molecule has 128 heavy (non-hydrogen) atoms. The largest absolute Gasteiger partial charge is 0.508 e. The summed E-state index contributed by atoms with van der Waals surface area (Å²) in [6.45, 7) is 3.80. The number of aryl methyl sites for hydroxylation is 4. The van der Waals surface area contributed by atoms with Crippen LogP contribution in [-0.4, -0.2) is 207 Å². The van der Waals surface area contributed by atoms with Crippen molar-refractivity contribution >= 4 is 71.6 Å². The highest BCUT2D eigenvalue weighted by Gasteiger charge is 2.15. The van der Waals surface area contributed by atoms with E-state index in [-0.39, 0.29) is 86.3 Å². The number of nitrogens with zero attached hydrogens (tertiary/aromatic N) is 2. The zero-order valence-electron chi connectivity index (χ0n) is 71.6. The fraction of sp³-hybridized carbons (Fsp3) is 0.333. The number of aliphatic carboxylic acids is 10. The van der Waals surface area contributed by atoms with E-state index in [2.05, 4.69) is 58.5 Å². The van der Waals surface area contributed by atoms with E-state index in [4.69, 9.17) is 140 Å². The Morgan fingerprint density at radius 2 is 0.398 bits per heavy atom. The van der Waals surface area contributed by atoms with Gasteiger partial charge in [-0.2, -0.15) is 0 Å². The van der Waals surface area contributed by atoms with Gasteiger partial charge in [0.25, 0.3) is 0 Å². The van der Waals surface area contributed by atoms with Gasteiger partial charge in [0, 0.05) is 51.6 Å². The molecule has 0 heterocycles. The van der Waals surface area contributed by atoms with Crippen LogP contribution < -0.4 is 68.8 Å². The summed E-state index contributed by atoms with van der Waals surface area (Å²) in [4.78, 5) is 108. The topological polar surface area (TPSA) is 791 Å². The van der Waals surface area contributed by atoms with Gasteiger partial charge < -0.3 is 140 Å². The maximum absolute atomic E-state index is 10.2. The Balaban J connectivity index is -0.000000656. The molecule has 38 heteroatoms. The average Bonchev–Trinajstić information content (AvgIpc) is 0.934. The lowest BCUT2D eigenvalue weighted by atomic mass is 10.1. The SMILES string of the molecule is NC(N)=NCCC[C@@H](N)C(=O)O.NC(N)=NCCC[C@H](N)C(=O)O.NCCc1ccccc1.NCCc1ccccc1.NCCc1ccccc1.NCCc1ccccc1.N[C@@H](CCC(=O)O)C(=O)O.N[C@H](CCC(=O)O)C(=O)O.O=C(O)CCc1ccc(O)cc1.O=C(O)CCc1ccc(O)cc1.O=C(O)CCc1ccc(O)cc1.O=C(O)CCc1ccc(O)cc1. The van der Waals surface area contributed by atoms with E-state index < -0.39 is 83.9 Å². The number of carboxylic acid groups (broad SMARTS) is 10. The zero-order chi connectivity index (χ0) is 97.4. The van der Waals surface area contributed by atoms with Crippen LogP contribution in [0.4, 0.5) is 0 Å². The molecule has 0 saturated carbocycles. The lowest BCUT2D eigenvalue weighted by molar-refractivity contribution is -0.141. The third-order valence-electron chi connectivity index (χ3n) is 15.9. The number of guanidine groups is 2. The summed E-state index contributed by atoms with van der Waals surface area (Å²) < 4.78 is 0. The van der Waals surface area contributed by atoms with Crippen LogP contribution in [0.2, 0.25) is 0 Å². The van der Waals surface area contributed by atoms with Gasteiger partial charge >= 0.3 is 59.7 Å². The van der Waals surface area contributed by atoms with E-state index in [9.17, 15) is 47.9 Å². The summed E-state index contributed by atoms with van der Waals surface area (Å²) in [5, 5.41) is 118. The highest BCUT2D eigenvalue weighted by Crippen LogP contribution is 2.15. The molecule has 0 aromatic heterocycles. The predicted molar refractivity (Wildman–Crippen MR) is 489 cm³/mol. The first-order valence-corrected chi connectivity index (χ1v) is 40.0. The van der Waals surface area contributed by atoms with Crippen LogP contribution in [0.15, 0.2) is 228 Å². The molecular weight excluding hydrogens is 1660 g/mol. The summed E-state index contributed by atoms with van der Waals surface area (Å²) in [6, 6.07) is 63.5. The minimum atomic E-state index is -1.17. The van der Waals surface area contributed by atoms with Crippen molar-refractivity contribution in [3.8, 4) is 23.0 Å².